The normalized spacial score (nSPS) is 10.8. The molecule has 1 aromatic carbocycles. The van der Waals surface area contributed by atoms with Crippen LogP contribution in [0.25, 0.3) is 0 Å². The summed E-state index contributed by atoms with van der Waals surface area (Å²) in [5, 5.41) is 11.0. The molecule has 2 N–H and O–H groups in total. The lowest BCUT2D eigenvalue weighted by molar-refractivity contribution is 0.626. The number of hydrogen-bond donors (Lipinski definition) is 2. The minimum absolute atomic E-state index is 0.0955. The Morgan fingerprint density at radius 2 is 2.17 bits per heavy atom. The van der Waals surface area contributed by atoms with Gasteiger partial charge in [-0.1, -0.05) is 18.2 Å². The number of aryl methyl sites for hydroxylation is 1. The molecule has 0 fully saturated rings. The molecule has 0 saturated heterocycles. The summed E-state index contributed by atoms with van der Waals surface area (Å²) in [6, 6.07) is 6.18. The second-order valence-corrected chi connectivity index (χ2v) is 3.48. The molecule has 0 bridgehead atoms. The molecule has 0 radical (unpaired) electrons. The van der Waals surface area contributed by atoms with Gasteiger partial charge in [-0.3, -0.25) is 9.78 Å². The maximum absolute atomic E-state index is 13.2. The van der Waals surface area contributed by atoms with Gasteiger partial charge in [-0.15, -0.1) is 10.2 Å². The number of nitrogens with one attached hydrogen (secondary N) is 2. The van der Waals surface area contributed by atoms with E-state index in [1.807, 2.05) is 0 Å². The first kappa shape index (κ1) is 11.9. The lowest BCUT2D eigenvalue weighted by atomic mass is 10.2. The Bertz CT molecular complexity index is 637. The van der Waals surface area contributed by atoms with Crippen molar-refractivity contribution in [3.05, 3.63) is 51.7 Å². The summed E-state index contributed by atoms with van der Waals surface area (Å²) >= 11 is 0. The number of nitrogens with zero attached hydrogens (tertiary/aromatic N) is 3. The third-order valence-electron chi connectivity index (χ3n) is 2.14. The number of halogens is 1. The average molecular weight is 247 g/mol. The summed E-state index contributed by atoms with van der Waals surface area (Å²) in [6.45, 7) is 1.54. The van der Waals surface area contributed by atoms with Crippen molar-refractivity contribution in [1.82, 2.24) is 15.2 Å². The minimum Gasteiger partial charge on any atom is -0.288 e. The third-order valence-corrected chi connectivity index (χ3v) is 2.14. The van der Waals surface area contributed by atoms with Crippen LogP contribution in [0, 0.1) is 12.7 Å². The Labute approximate surface area is 102 Å². The SMILES string of the molecule is Cc1nnc(N/N=C\c2ccccc2F)[nH]c1=O. The number of hydrogen-bond acceptors (Lipinski definition) is 5. The number of aromatic amines is 1. The molecule has 0 aliphatic rings. The van der Waals surface area contributed by atoms with E-state index in [1.54, 1.807) is 18.2 Å². The van der Waals surface area contributed by atoms with Crippen molar-refractivity contribution in [3.63, 3.8) is 0 Å². The van der Waals surface area contributed by atoms with E-state index >= 15 is 0 Å². The van der Waals surface area contributed by atoms with Crippen LogP contribution >= 0.6 is 0 Å². The highest BCUT2D eigenvalue weighted by atomic mass is 19.1. The lowest BCUT2D eigenvalue weighted by Crippen LogP contribution is -2.15. The fraction of sp³-hybridized carbons (Fsp3) is 0.0909. The monoisotopic (exact) mass is 247 g/mol. The molecule has 0 amide bonds. The van der Waals surface area contributed by atoms with Gasteiger partial charge in [0.15, 0.2) is 0 Å². The van der Waals surface area contributed by atoms with E-state index in [0.717, 1.165) is 0 Å². The number of hydrazone groups is 1. The lowest BCUT2D eigenvalue weighted by Gasteiger charge is -1.98. The van der Waals surface area contributed by atoms with Crippen LogP contribution in [0.3, 0.4) is 0 Å². The molecule has 18 heavy (non-hydrogen) atoms. The van der Waals surface area contributed by atoms with Crippen LogP contribution < -0.4 is 11.0 Å². The van der Waals surface area contributed by atoms with Crippen molar-refractivity contribution in [2.75, 3.05) is 5.43 Å². The molecule has 92 valence electrons. The first-order chi connectivity index (χ1) is 8.66. The van der Waals surface area contributed by atoms with E-state index in [4.69, 9.17) is 0 Å². The molecule has 1 aromatic heterocycles. The summed E-state index contributed by atoms with van der Waals surface area (Å²) < 4.78 is 13.2. The summed E-state index contributed by atoms with van der Waals surface area (Å²) in [5.74, 6) is -0.287. The van der Waals surface area contributed by atoms with E-state index in [-0.39, 0.29) is 23.0 Å². The Morgan fingerprint density at radius 3 is 2.89 bits per heavy atom. The van der Waals surface area contributed by atoms with Crippen LogP contribution in [-0.4, -0.2) is 21.4 Å². The largest absolute Gasteiger partial charge is 0.288 e. The summed E-state index contributed by atoms with van der Waals surface area (Å²) in [6.07, 6.45) is 1.29. The number of benzene rings is 1. The first-order valence-corrected chi connectivity index (χ1v) is 5.14. The van der Waals surface area contributed by atoms with E-state index in [9.17, 15) is 9.18 Å². The topological polar surface area (TPSA) is 83.0 Å². The van der Waals surface area contributed by atoms with Gasteiger partial charge in [-0.2, -0.15) is 5.10 Å². The van der Waals surface area contributed by atoms with Gasteiger partial charge in [0.2, 0.25) is 5.95 Å². The van der Waals surface area contributed by atoms with Crippen molar-refractivity contribution >= 4 is 12.2 Å². The zero-order chi connectivity index (χ0) is 13.0. The second kappa shape index (κ2) is 5.17. The minimum atomic E-state index is -0.383. The molecule has 0 aliphatic carbocycles. The highest BCUT2D eigenvalue weighted by molar-refractivity contribution is 5.80. The van der Waals surface area contributed by atoms with Crippen molar-refractivity contribution in [1.29, 1.82) is 0 Å². The molecule has 0 saturated carbocycles. The maximum atomic E-state index is 13.2. The third kappa shape index (κ3) is 2.76. The number of aromatic nitrogens is 3. The Kier molecular flexibility index (Phi) is 3.42. The predicted octanol–water partition coefficient (Wildman–Crippen LogP) is 1.06. The first-order valence-electron chi connectivity index (χ1n) is 5.14. The zero-order valence-corrected chi connectivity index (χ0v) is 9.51. The summed E-state index contributed by atoms with van der Waals surface area (Å²) in [7, 11) is 0. The van der Waals surface area contributed by atoms with E-state index in [2.05, 4.69) is 25.7 Å². The molecule has 7 heteroatoms. The van der Waals surface area contributed by atoms with Crippen LogP contribution in [-0.2, 0) is 0 Å². The average Bonchev–Trinajstić information content (AvgIpc) is 2.36. The molecule has 2 rings (SSSR count). The molecule has 0 spiro atoms. The molecule has 0 unspecified atom stereocenters. The van der Waals surface area contributed by atoms with Crippen molar-refractivity contribution < 1.29 is 4.39 Å². The Morgan fingerprint density at radius 1 is 1.39 bits per heavy atom. The van der Waals surface area contributed by atoms with E-state index in [1.165, 1.54) is 19.2 Å². The number of rotatable bonds is 3. The summed E-state index contributed by atoms with van der Waals surface area (Å²) in [4.78, 5) is 13.6. The van der Waals surface area contributed by atoms with Crippen LogP contribution in [0.1, 0.15) is 11.3 Å². The number of H-pyrrole nitrogens is 1. The van der Waals surface area contributed by atoms with Crippen LogP contribution in [0.15, 0.2) is 34.2 Å². The van der Waals surface area contributed by atoms with Gasteiger partial charge >= 0.3 is 0 Å². The molecular formula is C11H10FN5O. The number of anilines is 1. The van der Waals surface area contributed by atoms with Gasteiger partial charge in [0, 0.05) is 5.56 Å². The summed E-state index contributed by atoms with van der Waals surface area (Å²) in [5.41, 5.74) is 2.70. The smallest absolute Gasteiger partial charge is 0.274 e. The molecule has 6 nitrogen and oxygen atoms in total. The van der Waals surface area contributed by atoms with Crippen LogP contribution in [0.2, 0.25) is 0 Å². The fourth-order valence-corrected chi connectivity index (χ4v) is 1.19. The van der Waals surface area contributed by atoms with Gasteiger partial charge in [0.1, 0.15) is 11.5 Å². The van der Waals surface area contributed by atoms with E-state index < -0.39 is 0 Å². The molecule has 1 heterocycles. The second-order valence-electron chi connectivity index (χ2n) is 3.48. The van der Waals surface area contributed by atoms with Gasteiger partial charge in [0.05, 0.1) is 6.21 Å². The van der Waals surface area contributed by atoms with Crippen molar-refractivity contribution in [2.45, 2.75) is 6.92 Å². The quantitative estimate of drug-likeness (QED) is 0.627. The van der Waals surface area contributed by atoms with Gasteiger partial charge < -0.3 is 0 Å². The molecular weight excluding hydrogens is 237 g/mol. The molecule has 0 atom stereocenters. The highest BCUT2D eigenvalue weighted by Gasteiger charge is 1.98. The van der Waals surface area contributed by atoms with Gasteiger partial charge in [0.25, 0.3) is 5.56 Å². The Balaban J connectivity index is 2.10. The van der Waals surface area contributed by atoms with Gasteiger partial charge in [-0.05, 0) is 13.0 Å². The Hall–Kier alpha value is -2.57. The van der Waals surface area contributed by atoms with Crippen LogP contribution in [0.5, 0.6) is 0 Å². The molecule has 2 aromatic rings. The van der Waals surface area contributed by atoms with Crippen molar-refractivity contribution in [2.24, 2.45) is 5.10 Å². The highest BCUT2D eigenvalue weighted by Crippen LogP contribution is 2.03. The maximum Gasteiger partial charge on any atom is 0.274 e. The zero-order valence-electron chi connectivity index (χ0n) is 9.51. The van der Waals surface area contributed by atoms with Crippen molar-refractivity contribution in [3.8, 4) is 0 Å². The molecule has 0 aliphatic heterocycles. The standard InChI is InChI=1S/C11H10FN5O/c1-7-10(18)14-11(17-15-7)16-13-6-8-4-2-3-5-9(8)12/h2-6H,1H3,(H2,14,16,17,18)/b13-6-. The van der Waals surface area contributed by atoms with Gasteiger partial charge in [-0.25, -0.2) is 9.82 Å². The van der Waals surface area contributed by atoms with Crippen LogP contribution in [0.4, 0.5) is 10.3 Å². The fourth-order valence-electron chi connectivity index (χ4n) is 1.19. The van der Waals surface area contributed by atoms with E-state index in [0.29, 0.717) is 5.56 Å². The predicted molar refractivity (Wildman–Crippen MR) is 65.0 cm³/mol.